The van der Waals surface area contributed by atoms with Crippen LogP contribution in [0.1, 0.15) is 25.5 Å². The topological polar surface area (TPSA) is 45.1 Å². The summed E-state index contributed by atoms with van der Waals surface area (Å²) in [4.78, 5) is 3.91. The monoisotopic (exact) mass is 166 g/mol. The highest BCUT2D eigenvalue weighted by atomic mass is 16.5. The van der Waals surface area contributed by atoms with Gasteiger partial charge in [-0.1, -0.05) is 13.8 Å². The molecule has 0 amide bonds. The van der Waals surface area contributed by atoms with Crippen LogP contribution in [0.3, 0.4) is 0 Å². The van der Waals surface area contributed by atoms with Gasteiger partial charge in [0.25, 0.3) is 0 Å². The average Bonchev–Trinajstić information content (AvgIpc) is 2.07. The molecule has 1 unspecified atom stereocenters. The van der Waals surface area contributed by atoms with Gasteiger partial charge in [0.05, 0.1) is 6.04 Å². The lowest BCUT2D eigenvalue weighted by atomic mass is 9.98. The Kier molecular flexibility index (Phi) is 3.19. The standard InChI is InChI=1S/C9H14N2O/c1-7(2)9(11-12)8-3-5-10-6-4-8/h3-7,9,11-12H,1-2H3. The normalized spacial score (nSPS) is 13.3. The van der Waals surface area contributed by atoms with Crippen molar-refractivity contribution in [2.24, 2.45) is 5.92 Å². The molecule has 0 saturated heterocycles. The summed E-state index contributed by atoms with van der Waals surface area (Å²) in [5.41, 5.74) is 3.35. The minimum Gasteiger partial charge on any atom is -0.316 e. The fourth-order valence-electron chi connectivity index (χ4n) is 1.18. The highest BCUT2D eigenvalue weighted by Gasteiger charge is 2.13. The van der Waals surface area contributed by atoms with Crippen LogP contribution in [0.5, 0.6) is 0 Å². The molecular formula is C9H14N2O. The van der Waals surface area contributed by atoms with Gasteiger partial charge < -0.3 is 5.21 Å². The second kappa shape index (κ2) is 4.18. The summed E-state index contributed by atoms with van der Waals surface area (Å²) in [5.74, 6) is 0.359. The number of rotatable bonds is 3. The van der Waals surface area contributed by atoms with E-state index in [2.05, 4.69) is 10.5 Å². The van der Waals surface area contributed by atoms with Crippen LogP contribution >= 0.6 is 0 Å². The maximum Gasteiger partial charge on any atom is 0.0592 e. The van der Waals surface area contributed by atoms with Gasteiger partial charge in [0.1, 0.15) is 0 Å². The van der Waals surface area contributed by atoms with E-state index in [0.717, 1.165) is 5.56 Å². The molecule has 0 aliphatic heterocycles. The first-order valence-corrected chi connectivity index (χ1v) is 4.05. The van der Waals surface area contributed by atoms with Gasteiger partial charge in [-0.25, -0.2) is 0 Å². The predicted molar refractivity (Wildman–Crippen MR) is 46.7 cm³/mol. The van der Waals surface area contributed by atoms with Gasteiger partial charge in [0, 0.05) is 12.4 Å². The Hall–Kier alpha value is -0.930. The zero-order valence-electron chi connectivity index (χ0n) is 7.36. The van der Waals surface area contributed by atoms with E-state index < -0.39 is 0 Å². The minimum absolute atomic E-state index is 0.00648. The third-order valence-electron chi connectivity index (χ3n) is 1.87. The van der Waals surface area contributed by atoms with Crippen LogP contribution in [-0.2, 0) is 0 Å². The summed E-state index contributed by atoms with van der Waals surface area (Å²) in [6.07, 6.45) is 3.45. The SMILES string of the molecule is CC(C)C(NO)c1ccncc1. The maximum absolute atomic E-state index is 8.88. The van der Waals surface area contributed by atoms with E-state index in [4.69, 9.17) is 5.21 Å². The summed E-state index contributed by atoms with van der Waals surface area (Å²) < 4.78 is 0. The first-order valence-electron chi connectivity index (χ1n) is 4.05. The molecule has 66 valence electrons. The Morgan fingerprint density at radius 3 is 2.33 bits per heavy atom. The number of aromatic nitrogens is 1. The molecule has 12 heavy (non-hydrogen) atoms. The van der Waals surface area contributed by atoms with Crippen LogP contribution in [0.2, 0.25) is 0 Å². The van der Waals surface area contributed by atoms with Crippen molar-refractivity contribution < 1.29 is 5.21 Å². The summed E-state index contributed by atoms with van der Waals surface area (Å²) in [5, 5.41) is 8.88. The summed E-state index contributed by atoms with van der Waals surface area (Å²) >= 11 is 0. The lowest BCUT2D eigenvalue weighted by Crippen LogP contribution is -2.22. The number of hydrogen-bond donors (Lipinski definition) is 2. The smallest absolute Gasteiger partial charge is 0.0592 e. The Balaban J connectivity index is 2.80. The van der Waals surface area contributed by atoms with Crippen molar-refractivity contribution in [2.45, 2.75) is 19.9 Å². The molecule has 0 aliphatic carbocycles. The Labute approximate surface area is 72.4 Å². The molecule has 1 aromatic heterocycles. The van der Waals surface area contributed by atoms with Crippen molar-refractivity contribution >= 4 is 0 Å². The number of nitrogens with one attached hydrogen (secondary N) is 1. The third kappa shape index (κ3) is 2.03. The van der Waals surface area contributed by atoms with Gasteiger partial charge in [0.15, 0.2) is 0 Å². The van der Waals surface area contributed by atoms with E-state index in [1.807, 2.05) is 26.0 Å². The van der Waals surface area contributed by atoms with E-state index >= 15 is 0 Å². The summed E-state index contributed by atoms with van der Waals surface area (Å²) in [6, 6.07) is 3.79. The molecule has 1 heterocycles. The molecule has 2 N–H and O–H groups in total. The molecule has 1 atom stereocenters. The van der Waals surface area contributed by atoms with Gasteiger partial charge in [-0.05, 0) is 23.6 Å². The lowest BCUT2D eigenvalue weighted by Gasteiger charge is -2.18. The van der Waals surface area contributed by atoms with E-state index in [-0.39, 0.29) is 6.04 Å². The van der Waals surface area contributed by atoms with Gasteiger partial charge in [-0.3, -0.25) is 4.98 Å². The molecule has 1 rings (SSSR count). The van der Waals surface area contributed by atoms with Gasteiger partial charge >= 0.3 is 0 Å². The molecule has 0 saturated carbocycles. The first-order chi connectivity index (χ1) is 5.75. The summed E-state index contributed by atoms with van der Waals surface area (Å²) in [7, 11) is 0. The predicted octanol–water partition coefficient (Wildman–Crippen LogP) is 1.76. The van der Waals surface area contributed by atoms with Crippen molar-refractivity contribution in [3.05, 3.63) is 30.1 Å². The van der Waals surface area contributed by atoms with Crippen molar-refractivity contribution in [1.29, 1.82) is 0 Å². The van der Waals surface area contributed by atoms with Gasteiger partial charge in [-0.15, -0.1) is 0 Å². The average molecular weight is 166 g/mol. The molecule has 0 spiro atoms. The molecular weight excluding hydrogens is 152 g/mol. The van der Waals surface area contributed by atoms with Crippen molar-refractivity contribution in [2.75, 3.05) is 0 Å². The number of pyridine rings is 1. The molecule has 0 radical (unpaired) electrons. The lowest BCUT2D eigenvalue weighted by molar-refractivity contribution is 0.105. The van der Waals surface area contributed by atoms with E-state index in [1.165, 1.54) is 0 Å². The van der Waals surface area contributed by atoms with Crippen LogP contribution in [-0.4, -0.2) is 10.2 Å². The molecule has 1 aromatic rings. The molecule has 3 heteroatoms. The van der Waals surface area contributed by atoms with Crippen LogP contribution in [0.15, 0.2) is 24.5 Å². The largest absolute Gasteiger partial charge is 0.316 e. The zero-order chi connectivity index (χ0) is 8.97. The van der Waals surface area contributed by atoms with Gasteiger partial charge in [-0.2, -0.15) is 5.48 Å². The van der Waals surface area contributed by atoms with E-state index in [9.17, 15) is 0 Å². The number of hydrogen-bond acceptors (Lipinski definition) is 3. The Morgan fingerprint density at radius 1 is 1.33 bits per heavy atom. The number of nitrogens with zero attached hydrogens (tertiary/aromatic N) is 1. The van der Waals surface area contributed by atoms with Crippen LogP contribution < -0.4 is 5.48 Å². The van der Waals surface area contributed by atoms with Crippen molar-refractivity contribution in [1.82, 2.24) is 10.5 Å². The second-order valence-corrected chi connectivity index (χ2v) is 3.13. The molecule has 0 bridgehead atoms. The van der Waals surface area contributed by atoms with Crippen molar-refractivity contribution in [3.8, 4) is 0 Å². The molecule has 3 nitrogen and oxygen atoms in total. The third-order valence-corrected chi connectivity index (χ3v) is 1.87. The maximum atomic E-state index is 8.88. The zero-order valence-corrected chi connectivity index (χ0v) is 7.36. The first kappa shape index (κ1) is 9.16. The fraction of sp³-hybridized carbons (Fsp3) is 0.444. The van der Waals surface area contributed by atoms with Crippen LogP contribution in [0.25, 0.3) is 0 Å². The van der Waals surface area contributed by atoms with E-state index in [1.54, 1.807) is 12.4 Å². The highest BCUT2D eigenvalue weighted by molar-refractivity contribution is 5.14. The highest BCUT2D eigenvalue weighted by Crippen LogP contribution is 2.19. The molecule has 0 aromatic carbocycles. The molecule has 0 aliphatic rings. The Morgan fingerprint density at radius 2 is 1.92 bits per heavy atom. The van der Waals surface area contributed by atoms with E-state index in [0.29, 0.717) is 5.92 Å². The summed E-state index contributed by atoms with van der Waals surface area (Å²) in [6.45, 7) is 4.10. The quantitative estimate of drug-likeness (QED) is 0.672. The van der Waals surface area contributed by atoms with Crippen LogP contribution in [0.4, 0.5) is 0 Å². The minimum atomic E-state index is -0.00648. The molecule has 0 fully saturated rings. The second-order valence-electron chi connectivity index (χ2n) is 3.13. The van der Waals surface area contributed by atoms with Crippen molar-refractivity contribution in [3.63, 3.8) is 0 Å². The Bertz CT molecular complexity index is 223. The fourth-order valence-corrected chi connectivity index (χ4v) is 1.18. The van der Waals surface area contributed by atoms with Gasteiger partial charge in [0.2, 0.25) is 0 Å². The van der Waals surface area contributed by atoms with Crippen LogP contribution in [0, 0.1) is 5.92 Å². The number of hydroxylamine groups is 1.